The minimum atomic E-state index is -0.834. The molecule has 1 unspecified atom stereocenters. The molecule has 0 spiro atoms. The average Bonchev–Trinajstić information content (AvgIpc) is 2.36. The molecule has 1 aromatic rings. The number of ether oxygens (including phenoxy) is 1. The average molecular weight is 251 g/mol. The van der Waals surface area contributed by atoms with E-state index in [1.165, 1.54) is 0 Å². The fraction of sp³-hybridized carbons (Fsp3) is 0.500. The van der Waals surface area contributed by atoms with Crippen molar-refractivity contribution in [3.63, 3.8) is 0 Å². The molecule has 0 aliphatic carbocycles. The Morgan fingerprint density at radius 1 is 1.39 bits per heavy atom. The van der Waals surface area contributed by atoms with E-state index in [9.17, 15) is 4.79 Å². The Morgan fingerprint density at radius 2 is 2.06 bits per heavy atom. The molecule has 0 heterocycles. The molecular formula is C14H21NO3. The van der Waals surface area contributed by atoms with Crippen molar-refractivity contribution in [2.45, 2.75) is 25.3 Å². The van der Waals surface area contributed by atoms with Crippen LogP contribution in [0.2, 0.25) is 0 Å². The molecule has 1 aromatic carbocycles. The fourth-order valence-electron chi connectivity index (χ4n) is 2.08. The molecule has 4 heteroatoms. The molecule has 0 aliphatic heterocycles. The van der Waals surface area contributed by atoms with Gasteiger partial charge in [-0.05, 0) is 18.5 Å². The lowest BCUT2D eigenvalue weighted by atomic mass is 9.87. The van der Waals surface area contributed by atoms with Crippen molar-refractivity contribution in [3.8, 4) is 0 Å². The van der Waals surface area contributed by atoms with Gasteiger partial charge in [-0.2, -0.15) is 0 Å². The predicted molar refractivity (Wildman–Crippen MR) is 70.5 cm³/mol. The highest BCUT2D eigenvalue weighted by Gasteiger charge is 2.34. The van der Waals surface area contributed by atoms with Gasteiger partial charge < -0.3 is 15.2 Å². The number of nitrogens with one attached hydrogen (secondary N) is 1. The van der Waals surface area contributed by atoms with E-state index in [4.69, 9.17) is 9.84 Å². The van der Waals surface area contributed by atoms with Crippen LogP contribution in [0.15, 0.2) is 30.3 Å². The zero-order valence-corrected chi connectivity index (χ0v) is 11.0. The molecule has 1 atom stereocenters. The molecule has 0 fully saturated rings. The summed E-state index contributed by atoms with van der Waals surface area (Å²) in [6.07, 6.45) is 0.947. The molecule has 2 N–H and O–H groups in total. The first-order valence-electron chi connectivity index (χ1n) is 6.16. The third-order valence-electron chi connectivity index (χ3n) is 2.88. The van der Waals surface area contributed by atoms with Crippen molar-refractivity contribution in [2.75, 3.05) is 20.3 Å². The minimum absolute atomic E-state index is 0.00481. The SMILES string of the molecule is CCCNC(COC)(CC(=O)O)c1ccccc1. The van der Waals surface area contributed by atoms with Gasteiger partial charge in [0.25, 0.3) is 0 Å². The number of benzene rings is 1. The van der Waals surface area contributed by atoms with E-state index in [-0.39, 0.29) is 6.42 Å². The highest BCUT2D eigenvalue weighted by atomic mass is 16.5. The second kappa shape index (κ2) is 7.13. The van der Waals surface area contributed by atoms with Crippen LogP contribution in [0, 0.1) is 0 Å². The Labute approximate surface area is 108 Å². The zero-order valence-electron chi connectivity index (χ0n) is 11.0. The molecule has 18 heavy (non-hydrogen) atoms. The summed E-state index contributed by atoms with van der Waals surface area (Å²) in [5, 5.41) is 12.5. The number of carboxylic acid groups (broad SMARTS) is 1. The standard InChI is InChI=1S/C14H21NO3/c1-3-9-15-14(11-18-2,10-13(16)17)12-7-5-4-6-8-12/h4-8,15H,3,9-11H2,1-2H3,(H,16,17). The number of hydrogen-bond donors (Lipinski definition) is 2. The Morgan fingerprint density at radius 3 is 2.56 bits per heavy atom. The predicted octanol–water partition coefficient (Wildman–Crippen LogP) is 2.00. The van der Waals surface area contributed by atoms with Crippen molar-refractivity contribution in [1.29, 1.82) is 0 Å². The topological polar surface area (TPSA) is 58.6 Å². The summed E-state index contributed by atoms with van der Waals surface area (Å²) in [5.74, 6) is -0.834. The molecule has 100 valence electrons. The van der Waals surface area contributed by atoms with E-state index >= 15 is 0 Å². The first-order chi connectivity index (χ1) is 8.64. The van der Waals surface area contributed by atoms with Gasteiger partial charge in [0.05, 0.1) is 18.6 Å². The maximum atomic E-state index is 11.1. The summed E-state index contributed by atoms with van der Waals surface area (Å²) in [6, 6.07) is 9.61. The molecule has 0 bridgehead atoms. The molecule has 0 saturated carbocycles. The molecule has 1 rings (SSSR count). The van der Waals surface area contributed by atoms with E-state index in [1.807, 2.05) is 30.3 Å². The van der Waals surface area contributed by atoms with E-state index in [0.717, 1.165) is 18.5 Å². The Kier molecular flexibility index (Phi) is 5.82. The molecule has 0 aromatic heterocycles. The maximum absolute atomic E-state index is 11.1. The van der Waals surface area contributed by atoms with Crippen LogP contribution in [0.25, 0.3) is 0 Å². The second-order valence-electron chi connectivity index (χ2n) is 4.38. The smallest absolute Gasteiger partial charge is 0.305 e. The van der Waals surface area contributed by atoms with Gasteiger partial charge in [0.2, 0.25) is 0 Å². The molecule has 0 aliphatic rings. The van der Waals surface area contributed by atoms with E-state index in [0.29, 0.717) is 6.61 Å². The summed E-state index contributed by atoms with van der Waals surface area (Å²) >= 11 is 0. The Balaban J connectivity index is 3.06. The molecule has 0 radical (unpaired) electrons. The Hall–Kier alpha value is -1.39. The summed E-state index contributed by atoms with van der Waals surface area (Å²) in [7, 11) is 1.59. The van der Waals surface area contributed by atoms with Crippen LogP contribution in [-0.2, 0) is 15.1 Å². The lowest BCUT2D eigenvalue weighted by molar-refractivity contribution is -0.139. The molecular weight excluding hydrogens is 230 g/mol. The van der Waals surface area contributed by atoms with Crippen molar-refractivity contribution < 1.29 is 14.6 Å². The molecule has 0 amide bonds. The quantitative estimate of drug-likeness (QED) is 0.742. The first kappa shape index (κ1) is 14.7. The lowest BCUT2D eigenvalue weighted by Gasteiger charge is -2.33. The van der Waals surface area contributed by atoms with Gasteiger partial charge in [-0.3, -0.25) is 4.79 Å². The summed E-state index contributed by atoms with van der Waals surface area (Å²) in [5.41, 5.74) is 0.292. The minimum Gasteiger partial charge on any atom is -0.481 e. The molecule has 0 saturated heterocycles. The van der Waals surface area contributed by atoms with Crippen LogP contribution in [0.4, 0.5) is 0 Å². The van der Waals surface area contributed by atoms with Gasteiger partial charge in [-0.15, -0.1) is 0 Å². The van der Waals surface area contributed by atoms with Gasteiger partial charge >= 0.3 is 5.97 Å². The first-order valence-corrected chi connectivity index (χ1v) is 6.16. The fourth-order valence-corrected chi connectivity index (χ4v) is 2.08. The maximum Gasteiger partial charge on any atom is 0.305 e. The summed E-state index contributed by atoms with van der Waals surface area (Å²) < 4.78 is 5.23. The summed E-state index contributed by atoms with van der Waals surface area (Å²) in [6.45, 7) is 3.14. The van der Waals surface area contributed by atoms with Crippen LogP contribution < -0.4 is 5.32 Å². The van der Waals surface area contributed by atoms with Crippen LogP contribution in [0.5, 0.6) is 0 Å². The van der Waals surface area contributed by atoms with E-state index in [2.05, 4.69) is 12.2 Å². The van der Waals surface area contributed by atoms with E-state index in [1.54, 1.807) is 7.11 Å². The van der Waals surface area contributed by atoms with Gasteiger partial charge in [0.15, 0.2) is 0 Å². The Bertz CT molecular complexity index is 367. The normalized spacial score (nSPS) is 14.1. The van der Waals surface area contributed by atoms with Crippen molar-refractivity contribution in [3.05, 3.63) is 35.9 Å². The van der Waals surface area contributed by atoms with Crippen molar-refractivity contribution in [1.82, 2.24) is 5.32 Å². The van der Waals surface area contributed by atoms with Gasteiger partial charge in [0, 0.05) is 7.11 Å². The van der Waals surface area contributed by atoms with Crippen molar-refractivity contribution in [2.24, 2.45) is 0 Å². The van der Waals surface area contributed by atoms with Gasteiger partial charge in [0.1, 0.15) is 0 Å². The molecule has 4 nitrogen and oxygen atoms in total. The van der Waals surface area contributed by atoms with Crippen LogP contribution in [-0.4, -0.2) is 31.3 Å². The largest absolute Gasteiger partial charge is 0.481 e. The lowest BCUT2D eigenvalue weighted by Crippen LogP contribution is -2.48. The van der Waals surface area contributed by atoms with Crippen molar-refractivity contribution >= 4 is 5.97 Å². The van der Waals surface area contributed by atoms with Crippen LogP contribution >= 0.6 is 0 Å². The monoisotopic (exact) mass is 251 g/mol. The number of rotatable bonds is 8. The zero-order chi connectivity index (χ0) is 13.4. The third kappa shape index (κ3) is 3.82. The third-order valence-corrected chi connectivity index (χ3v) is 2.88. The van der Waals surface area contributed by atoms with Gasteiger partial charge in [-0.25, -0.2) is 0 Å². The number of carboxylic acids is 1. The van der Waals surface area contributed by atoms with Crippen LogP contribution in [0.3, 0.4) is 0 Å². The van der Waals surface area contributed by atoms with Crippen LogP contribution in [0.1, 0.15) is 25.3 Å². The van der Waals surface area contributed by atoms with Gasteiger partial charge in [-0.1, -0.05) is 37.3 Å². The number of aliphatic carboxylic acids is 1. The summed E-state index contributed by atoms with van der Waals surface area (Å²) in [4.78, 5) is 11.1. The second-order valence-corrected chi connectivity index (χ2v) is 4.38. The number of carbonyl (C=O) groups is 1. The highest BCUT2D eigenvalue weighted by molar-refractivity contribution is 5.69. The highest BCUT2D eigenvalue weighted by Crippen LogP contribution is 2.25. The van der Waals surface area contributed by atoms with E-state index < -0.39 is 11.5 Å². The number of methoxy groups -OCH3 is 1. The number of hydrogen-bond acceptors (Lipinski definition) is 3.